The number of aliphatic carboxylic acids is 1. The predicted octanol–water partition coefficient (Wildman–Crippen LogP) is 3.79. The Morgan fingerprint density at radius 2 is 2.00 bits per heavy atom. The fourth-order valence-corrected chi connectivity index (χ4v) is 2.55. The van der Waals surface area contributed by atoms with Crippen LogP contribution in [-0.2, 0) is 11.2 Å². The van der Waals surface area contributed by atoms with Gasteiger partial charge in [0.15, 0.2) is 0 Å². The maximum absolute atomic E-state index is 11.0. The summed E-state index contributed by atoms with van der Waals surface area (Å²) in [7, 11) is 0. The molecule has 0 aromatic heterocycles. The van der Waals surface area contributed by atoms with Crippen molar-refractivity contribution in [3.05, 3.63) is 69.8 Å². The molecule has 106 valence electrons. The SMILES string of the molecule is O=C(O)C1=Cc2cc(Cl)c(Cc3ccccc3)cc2OC1. The van der Waals surface area contributed by atoms with Crippen LogP contribution in [0.3, 0.4) is 0 Å². The van der Waals surface area contributed by atoms with E-state index in [-0.39, 0.29) is 12.2 Å². The van der Waals surface area contributed by atoms with Crippen LogP contribution in [0.15, 0.2) is 48.0 Å². The van der Waals surface area contributed by atoms with Gasteiger partial charge in [0.1, 0.15) is 12.4 Å². The minimum Gasteiger partial charge on any atom is -0.488 e. The summed E-state index contributed by atoms with van der Waals surface area (Å²) in [6.45, 7) is 0.0781. The zero-order valence-electron chi connectivity index (χ0n) is 11.2. The van der Waals surface area contributed by atoms with Crippen LogP contribution in [0.5, 0.6) is 5.75 Å². The Morgan fingerprint density at radius 3 is 2.71 bits per heavy atom. The number of halogens is 1. The summed E-state index contributed by atoms with van der Waals surface area (Å²) in [6.07, 6.45) is 2.32. The Hall–Kier alpha value is -2.26. The number of hydrogen-bond acceptors (Lipinski definition) is 2. The molecule has 0 saturated carbocycles. The maximum atomic E-state index is 11.0. The average molecular weight is 301 g/mol. The van der Waals surface area contributed by atoms with Gasteiger partial charge < -0.3 is 9.84 Å². The van der Waals surface area contributed by atoms with E-state index in [2.05, 4.69) is 0 Å². The molecule has 0 fully saturated rings. The van der Waals surface area contributed by atoms with Gasteiger partial charge in [-0.05, 0) is 35.8 Å². The van der Waals surface area contributed by atoms with E-state index < -0.39 is 5.97 Å². The summed E-state index contributed by atoms with van der Waals surface area (Å²) in [5.41, 5.74) is 3.07. The second kappa shape index (κ2) is 5.62. The molecule has 3 nitrogen and oxygen atoms in total. The van der Waals surface area contributed by atoms with Crippen molar-refractivity contribution >= 4 is 23.6 Å². The van der Waals surface area contributed by atoms with Crippen molar-refractivity contribution in [3.8, 4) is 5.75 Å². The lowest BCUT2D eigenvalue weighted by molar-refractivity contribution is -0.132. The van der Waals surface area contributed by atoms with Crippen LogP contribution in [0.2, 0.25) is 5.02 Å². The van der Waals surface area contributed by atoms with Crippen molar-refractivity contribution in [2.24, 2.45) is 0 Å². The van der Waals surface area contributed by atoms with E-state index in [4.69, 9.17) is 21.4 Å². The topological polar surface area (TPSA) is 46.5 Å². The molecule has 0 bridgehead atoms. The Bertz CT molecular complexity index is 720. The first kappa shape index (κ1) is 13.7. The van der Waals surface area contributed by atoms with Crippen molar-refractivity contribution in [1.82, 2.24) is 0 Å². The first-order valence-corrected chi connectivity index (χ1v) is 6.94. The highest BCUT2D eigenvalue weighted by Gasteiger charge is 2.18. The fourth-order valence-electron chi connectivity index (χ4n) is 2.31. The molecule has 0 aliphatic carbocycles. The van der Waals surface area contributed by atoms with Crippen LogP contribution >= 0.6 is 11.6 Å². The lowest BCUT2D eigenvalue weighted by Crippen LogP contribution is -2.14. The normalized spacial score (nSPS) is 13.1. The molecule has 3 rings (SSSR count). The minimum absolute atomic E-state index is 0.0781. The molecule has 0 radical (unpaired) electrons. The smallest absolute Gasteiger partial charge is 0.335 e. The van der Waals surface area contributed by atoms with Gasteiger partial charge in [0, 0.05) is 10.6 Å². The summed E-state index contributed by atoms with van der Waals surface area (Å²) in [5.74, 6) is -0.291. The van der Waals surface area contributed by atoms with Crippen molar-refractivity contribution < 1.29 is 14.6 Å². The number of rotatable bonds is 3. The van der Waals surface area contributed by atoms with E-state index in [1.807, 2.05) is 36.4 Å². The summed E-state index contributed by atoms with van der Waals surface area (Å²) >= 11 is 6.31. The molecule has 2 aromatic rings. The summed E-state index contributed by atoms with van der Waals surface area (Å²) in [5, 5.41) is 9.62. The highest BCUT2D eigenvalue weighted by Crippen LogP contribution is 2.33. The average Bonchev–Trinajstić information content (AvgIpc) is 2.48. The third kappa shape index (κ3) is 2.93. The Morgan fingerprint density at radius 1 is 1.24 bits per heavy atom. The van der Waals surface area contributed by atoms with Gasteiger partial charge >= 0.3 is 5.97 Å². The summed E-state index contributed by atoms with van der Waals surface area (Å²) < 4.78 is 5.52. The Kier molecular flexibility index (Phi) is 3.67. The van der Waals surface area contributed by atoms with Crippen LogP contribution in [-0.4, -0.2) is 17.7 Å². The Labute approximate surface area is 127 Å². The largest absolute Gasteiger partial charge is 0.488 e. The van der Waals surface area contributed by atoms with Crippen molar-refractivity contribution in [1.29, 1.82) is 0 Å². The second-order valence-electron chi connectivity index (χ2n) is 4.91. The number of benzene rings is 2. The van der Waals surface area contributed by atoms with E-state index in [1.165, 1.54) is 0 Å². The number of ether oxygens (including phenoxy) is 1. The highest BCUT2D eigenvalue weighted by molar-refractivity contribution is 6.31. The third-order valence-electron chi connectivity index (χ3n) is 3.40. The van der Waals surface area contributed by atoms with Gasteiger partial charge in [-0.1, -0.05) is 41.9 Å². The summed E-state index contributed by atoms with van der Waals surface area (Å²) in [4.78, 5) is 11.0. The van der Waals surface area contributed by atoms with Gasteiger partial charge in [-0.15, -0.1) is 0 Å². The van der Waals surface area contributed by atoms with E-state index >= 15 is 0 Å². The highest BCUT2D eigenvalue weighted by atomic mass is 35.5. The molecule has 1 N–H and O–H groups in total. The standard InChI is InChI=1S/C17H13ClO3/c18-15-8-13-7-14(17(19)20)10-21-16(13)9-12(15)6-11-4-2-1-3-5-11/h1-5,7-9H,6,10H2,(H,19,20). The molecule has 1 aliphatic rings. The third-order valence-corrected chi connectivity index (χ3v) is 3.76. The van der Waals surface area contributed by atoms with Gasteiger partial charge in [-0.3, -0.25) is 0 Å². The minimum atomic E-state index is -0.967. The van der Waals surface area contributed by atoms with E-state index in [0.29, 0.717) is 22.8 Å². The zero-order chi connectivity index (χ0) is 14.8. The zero-order valence-corrected chi connectivity index (χ0v) is 11.9. The first-order valence-electron chi connectivity index (χ1n) is 6.56. The van der Waals surface area contributed by atoms with Gasteiger partial charge in [0.25, 0.3) is 0 Å². The fraction of sp³-hybridized carbons (Fsp3) is 0.118. The Balaban J connectivity index is 1.94. The maximum Gasteiger partial charge on any atom is 0.335 e. The molecule has 21 heavy (non-hydrogen) atoms. The van der Waals surface area contributed by atoms with Crippen LogP contribution in [0.4, 0.5) is 0 Å². The van der Waals surface area contributed by atoms with Gasteiger partial charge in [0.05, 0.1) is 5.57 Å². The number of carbonyl (C=O) groups is 1. The summed E-state index contributed by atoms with van der Waals surface area (Å²) in [6, 6.07) is 13.7. The number of carboxylic acids is 1. The molecule has 0 spiro atoms. The number of fused-ring (bicyclic) bond motifs is 1. The van der Waals surface area contributed by atoms with E-state index in [0.717, 1.165) is 11.1 Å². The molecular weight excluding hydrogens is 288 g/mol. The molecule has 2 aromatic carbocycles. The van der Waals surface area contributed by atoms with E-state index in [9.17, 15) is 4.79 Å². The van der Waals surface area contributed by atoms with Gasteiger partial charge in [0.2, 0.25) is 0 Å². The second-order valence-corrected chi connectivity index (χ2v) is 5.31. The van der Waals surface area contributed by atoms with E-state index in [1.54, 1.807) is 12.1 Å². The lowest BCUT2D eigenvalue weighted by Gasteiger charge is -2.18. The first-order chi connectivity index (χ1) is 10.1. The molecule has 0 saturated heterocycles. The van der Waals surface area contributed by atoms with Crippen LogP contribution < -0.4 is 4.74 Å². The molecule has 0 amide bonds. The monoisotopic (exact) mass is 300 g/mol. The molecule has 0 unspecified atom stereocenters. The van der Waals surface area contributed by atoms with Crippen LogP contribution in [0, 0.1) is 0 Å². The van der Waals surface area contributed by atoms with Crippen LogP contribution in [0.1, 0.15) is 16.7 Å². The number of hydrogen-bond donors (Lipinski definition) is 1. The molecule has 1 heterocycles. The van der Waals surface area contributed by atoms with Gasteiger partial charge in [-0.25, -0.2) is 4.79 Å². The van der Waals surface area contributed by atoms with Crippen LogP contribution in [0.25, 0.3) is 6.08 Å². The van der Waals surface area contributed by atoms with Crippen molar-refractivity contribution in [2.75, 3.05) is 6.61 Å². The van der Waals surface area contributed by atoms with Crippen molar-refractivity contribution in [3.63, 3.8) is 0 Å². The predicted molar refractivity (Wildman–Crippen MR) is 81.8 cm³/mol. The molecule has 1 aliphatic heterocycles. The molecule has 0 atom stereocenters. The molecular formula is C17H13ClO3. The lowest BCUT2D eigenvalue weighted by atomic mass is 10.0. The molecule has 4 heteroatoms. The number of carboxylic acid groups (broad SMARTS) is 1. The quantitative estimate of drug-likeness (QED) is 0.938. The van der Waals surface area contributed by atoms with Crippen molar-refractivity contribution in [2.45, 2.75) is 6.42 Å². The van der Waals surface area contributed by atoms with Gasteiger partial charge in [-0.2, -0.15) is 0 Å².